The van der Waals surface area contributed by atoms with Gasteiger partial charge in [-0.25, -0.2) is 13.1 Å². The van der Waals surface area contributed by atoms with Gasteiger partial charge in [0, 0.05) is 43.1 Å². The highest BCUT2D eigenvalue weighted by atomic mass is 35.5. The maximum atomic E-state index is 13.1. The van der Waals surface area contributed by atoms with Gasteiger partial charge in [-0.1, -0.05) is 23.7 Å². The van der Waals surface area contributed by atoms with Crippen molar-refractivity contribution < 1.29 is 13.2 Å². The van der Waals surface area contributed by atoms with Gasteiger partial charge in [0.15, 0.2) is 0 Å². The summed E-state index contributed by atoms with van der Waals surface area (Å²) in [4.78, 5) is 14.9. The molecule has 0 aliphatic carbocycles. The van der Waals surface area contributed by atoms with E-state index < -0.39 is 10.0 Å². The lowest BCUT2D eigenvalue weighted by molar-refractivity contribution is 0.0788. The van der Waals surface area contributed by atoms with Crippen molar-refractivity contribution in [2.24, 2.45) is 7.05 Å². The minimum atomic E-state index is -3.82. The fourth-order valence-corrected chi connectivity index (χ4v) is 5.30. The molecule has 6 nitrogen and oxygen atoms in total. The third kappa shape index (κ3) is 4.11. The molecule has 0 unspecified atom stereocenters. The Kier molecular flexibility index (Phi) is 6.17. The van der Waals surface area contributed by atoms with Crippen molar-refractivity contribution in [1.29, 1.82) is 0 Å². The lowest BCUT2D eigenvalue weighted by Crippen LogP contribution is -2.32. The van der Waals surface area contributed by atoms with Gasteiger partial charge in [-0.05, 0) is 50.8 Å². The monoisotopic (exact) mass is 423 g/mol. The summed E-state index contributed by atoms with van der Waals surface area (Å²) in [7, 11) is -2.03. The standard InChI is InChI=1S/C20H26ClN3O3S/c1-14-18(20(25)24-12-4-5-13-24)19(15(2)23(14)3)28(26,27)22-11-10-16-6-8-17(21)9-7-16/h6-9,22H,4-5,10-13H2,1-3H3. The van der Waals surface area contributed by atoms with Crippen LogP contribution in [0.4, 0.5) is 0 Å². The number of carbonyl (C=O) groups excluding carboxylic acids is 1. The first kappa shape index (κ1) is 20.9. The van der Waals surface area contributed by atoms with Gasteiger partial charge >= 0.3 is 0 Å². The third-order valence-corrected chi connectivity index (χ3v) is 7.29. The summed E-state index contributed by atoms with van der Waals surface area (Å²) < 4.78 is 30.6. The average molecular weight is 424 g/mol. The van der Waals surface area contributed by atoms with Crippen LogP contribution in [0.1, 0.15) is 40.2 Å². The second kappa shape index (κ2) is 8.27. The van der Waals surface area contributed by atoms with Crippen molar-refractivity contribution in [3.63, 3.8) is 0 Å². The molecule has 1 fully saturated rings. The van der Waals surface area contributed by atoms with Crippen molar-refractivity contribution in [1.82, 2.24) is 14.2 Å². The van der Waals surface area contributed by atoms with Gasteiger partial charge < -0.3 is 9.47 Å². The number of hydrogen-bond acceptors (Lipinski definition) is 3. The molecule has 2 aromatic rings. The quantitative estimate of drug-likeness (QED) is 0.776. The lowest BCUT2D eigenvalue weighted by atomic mass is 10.2. The van der Waals surface area contributed by atoms with Gasteiger partial charge in [0.25, 0.3) is 5.91 Å². The Balaban J connectivity index is 1.85. The zero-order chi connectivity index (χ0) is 20.5. The fraction of sp³-hybridized carbons (Fsp3) is 0.450. The summed E-state index contributed by atoms with van der Waals surface area (Å²) >= 11 is 5.88. The maximum Gasteiger partial charge on any atom is 0.257 e. The van der Waals surface area contributed by atoms with Crippen molar-refractivity contribution in [3.05, 3.63) is 51.8 Å². The van der Waals surface area contributed by atoms with Crippen LogP contribution in [-0.4, -0.2) is 43.4 Å². The Morgan fingerprint density at radius 2 is 1.71 bits per heavy atom. The van der Waals surface area contributed by atoms with Gasteiger partial charge in [-0.2, -0.15) is 0 Å². The number of hydrogen-bond donors (Lipinski definition) is 1. The molecule has 0 radical (unpaired) electrons. The molecule has 1 aromatic heterocycles. The first-order valence-corrected chi connectivity index (χ1v) is 11.3. The van der Waals surface area contributed by atoms with Gasteiger partial charge in [-0.3, -0.25) is 4.79 Å². The molecule has 0 spiro atoms. The molecule has 2 heterocycles. The number of amides is 1. The molecule has 1 aromatic carbocycles. The predicted octanol–water partition coefficient (Wildman–Crippen LogP) is 3.05. The highest BCUT2D eigenvalue weighted by Gasteiger charge is 2.33. The van der Waals surface area contributed by atoms with E-state index in [9.17, 15) is 13.2 Å². The van der Waals surface area contributed by atoms with Crippen LogP contribution in [0.15, 0.2) is 29.2 Å². The molecule has 28 heavy (non-hydrogen) atoms. The molecule has 0 bridgehead atoms. The largest absolute Gasteiger partial charge is 0.350 e. The predicted molar refractivity (Wildman–Crippen MR) is 110 cm³/mol. The van der Waals surface area contributed by atoms with Crippen molar-refractivity contribution in [3.8, 4) is 0 Å². The van der Waals surface area contributed by atoms with Crippen LogP contribution in [0.3, 0.4) is 0 Å². The molecule has 1 aliphatic heterocycles. The van der Waals surface area contributed by atoms with E-state index >= 15 is 0 Å². The van der Waals surface area contributed by atoms with E-state index in [1.54, 1.807) is 42.5 Å². The number of sulfonamides is 1. The highest BCUT2D eigenvalue weighted by Crippen LogP contribution is 2.28. The van der Waals surface area contributed by atoms with E-state index in [1.807, 2.05) is 12.1 Å². The van der Waals surface area contributed by atoms with Crippen LogP contribution in [0.5, 0.6) is 0 Å². The molecule has 0 atom stereocenters. The Labute approximate surface area is 171 Å². The first-order chi connectivity index (χ1) is 13.2. The summed E-state index contributed by atoms with van der Waals surface area (Å²) in [6.07, 6.45) is 2.45. The van der Waals surface area contributed by atoms with Crippen molar-refractivity contribution >= 4 is 27.5 Å². The molecule has 1 amide bonds. The number of aromatic nitrogens is 1. The number of carbonyl (C=O) groups is 1. The van der Waals surface area contributed by atoms with Crippen LogP contribution in [0.25, 0.3) is 0 Å². The molecule has 3 rings (SSSR count). The van der Waals surface area contributed by atoms with E-state index in [1.165, 1.54) is 0 Å². The number of nitrogens with one attached hydrogen (secondary N) is 1. The number of likely N-dealkylation sites (tertiary alicyclic amines) is 1. The van der Waals surface area contributed by atoms with E-state index in [2.05, 4.69) is 4.72 Å². The van der Waals surface area contributed by atoms with Crippen LogP contribution >= 0.6 is 11.6 Å². The topological polar surface area (TPSA) is 71.4 Å². The Bertz CT molecular complexity index is 975. The number of rotatable bonds is 6. The smallest absolute Gasteiger partial charge is 0.257 e. The molecule has 8 heteroatoms. The zero-order valence-electron chi connectivity index (χ0n) is 16.5. The lowest BCUT2D eigenvalue weighted by Gasteiger charge is -2.17. The zero-order valence-corrected chi connectivity index (χ0v) is 18.0. The van der Waals surface area contributed by atoms with Gasteiger partial charge in [-0.15, -0.1) is 0 Å². The number of benzene rings is 1. The van der Waals surface area contributed by atoms with Gasteiger partial charge in [0.2, 0.25) is 10.0 Å². The summed E-state index contributed by atoms with van der Waals surface area (Å²) in [6, 6.07) is 7.31. The van der Waals surface area contributed by atoms with E-state index in [0.29, 0.717) is 41.5 Å². The average Bonchev–Trinajstić information content (AvgIpc) is 3.26. The van der Waals surface area contributed by atoms with Crippen molar-refractivity contribution in [2.45, 2.75) is 38.0 Å². The molecule has 1 aliphatic rings. The van der Waals surface area contributed by atoms with Gasteiger partial charge in [0.1, 0.15) is 4.90 Å². The second-order valence-corrected chi connectivity index (χ2v) is 9.35. The van der Waals surface area contributed by atoms with Crippen LogP contribution in [-0.2, 0) is 23.5 Å². The van der Waals surface area contributed by atoms with E-state index in [0.717, 1.165) is 18.4 Å². The van der Waals surface area contributed by atoms with Gasteiger partial charge in [0.05, 0.1) is 5.56 Å². The molecule has 152 valence electrons. The van der Waals surface area contributed by atoms with Crippen LogP contribution in [0.2, 0.25) is 5.02 Å². The number of halogens is 1. The summed E-state index contributed by atoms with van der Waals surface area (Å²) in [5.74, 6) is -0.197. The molecule has 1 saturated heterocycles. The van der Waals surface area contributed by atoms with Crippen LogP contribution < -0.4 is 4.72 Å². The summed E-state index contributed by atoms with van der Waals surface area (Å²) in [5, 5.41) is 0.643. The molecular weight excluding hydrogens is 398 g/mol. The van der Waals surface area contributed by atoms with E-state index in [4.69, 9.17) is 11.6 Å². The van der Waals surface area contributed by atoms with E-state index in [-0.39, 0.29) is 17.3 Å². The molecular formula is C20H26ClN3O3S. The number of nitrogens with zero attached hydrogens (tertiary/aromatic N) is 2. The normalized spacial score (nSPS) is 14.6. The highest BCUT2D eigenvalue weighted by molar-refractivity contribution is 7.89. The SMILES string of the molecule is Cc1c(C(=O)N2CCCC2)c(S(=O)(=O)NCCc2ccc(Cl)cc2)c(C)n1C. The summed E-state index contributed by atoms with van der Waals surface area (Å²) in [6.45, 7) is 5.13. The van der Waals surface area contributed by atoms with Crippen LogP contribution in [0, 0.1) is 13.8 Å². The first-order valence-electron chi connectivity index (χ1n) is 9.41. The Morgan fingerprint density at radius 1 is 1.11 bits per heavy atom. The Hall–Kier alpha value is -1.83. The minimum Gasteiger partial charge on any atom is -0.350 e. The van der Waals surface area contributed by atoms with Crippen molar-refractivity contribution in [2.75, 3.05) is 19.6 Å². The maximum absolute atomic E-state index is 13.1. The molecule has 1 N–H and O–H groups in total. The third-order valence-electron chi connectivity index (χ3n) is 5.42. The molecule has 0 saturated carbocycles. The second-order valence-electron chi connectivity index (χ2n) is 7.21. The minimum absolute atomic E-state index is 0.0977. The summed E-state index contributed by atoms with van der Waals surface area (Å²) in [5.41, 5.74) is 2.52. The Morgan fingerprint density at radius 3 is 2.32 bits per heavy atom. The fourth-order valence-electron chi connectivity index (χ4n) is 3.63.